The Morgan fingerprint density at radius 2 is 1.23 bits per heavy atom. The van der Waals surface area contributed by atoms with Gasteiger partial charge >= 0.3 is 5.97 Å². The Labute approximate surface area is 238 Å². The average molecular weight is 627 g/mol. The second-order valence-electron chi connectivity index (χ2n) is 8.10. The number of nitrogens with zero attached hydrogens (tertiary/aromatic N) is 4. The minimum Gasteiger partial charge on any atom is -0.423 e. The molecule has 5 aromatic rings. The topological polar surface area (TPSA) is 113 Å². The molecule has 0 aliphatic carbocycles. The maximum atomic E-state index is 12.4. The lowest BCUT2D eigenvalue weighted by atomic mass is 10.2. The van der Waals surface area contributed by atoms with Crippen LogP contribution < -0.4 is 20.8 Å². The van der Waals surface area contributed by atoms with Crippen LogP contribution in [-0.4, -0.2) is 27.1 Å². The molecule has 0 fully saturated rings. The van der Waals surface area contributed by atoms with Gasteiger partial charge < -0.3 is 15.4 Å². The standard InChI is InChI=1S/C29H22IN7O2/c30-25-14-8-7-13-24(25)26(38)39-23-17-15-20(16-18-23)19-31-37-29-35-27(32-21-9-3-1-4-10-21)34-28(36-29)33-22-11-5-2-6-12-22/h1-19H,(H3,32,33,34,35,36,37). The summed E-state index contributed by atoms with van der Waals surface area (Å²) in [5.41, 5.74) is 5.85. The Hall–Kier alpha value is -4.84. The third-order valence-corrected chi connectivity index (χ3v) is 6.20. The number of hydrogen-bond donors (Lipinski definition) is 3. The number of aromatic nitrogens is 3. The number of para-hydroxylation sites is 2. The molecule has 1 aromatic heterocycles. The fourth-order valence-corrected chi connectivity index (χ4v) is 4.02. The lowest BCUT2D eigenvalue weighted by molar-refractivity contribution is 0.0733. The van der Waals surface area contributed by atoms with Gasteiger partial charge in [-0.3, -0.25) is 0 Å². The van der Waals surface area contributed by atoms with Gasteiger partial charge in [-0.15, -0.1) is 0 Å². The number of halogens is 1. The van der Waals surface area contributed by atoms with Crippen LogP contribution in [0.5, 0.6) is 5.75 Å². The lowest BCUT2D eigenvalue weighted by Gasteiger charge is -2.10. The molecule has 192 valence electrons. The van der Waals surface area contributed by atoms with Crippen molar-refractivity contribution in [3.05, 3.63) is 124 Å². The Morgan fingerprint density at radius 1 is 0.692 bits per heavy atom. The second-order valence-corrected chi connectivity index (χ2v) is 9.26. The van der Waals surface area contributed by atoms with Crippen molar-refractivity contribution in [1.82, 2.24) is 15.0 Å². The molecule has 0 spiro atoms. The van der Waals surface area contributed by atoms with Crippen molar-refractivity contribution in [3.63, 3.8) is 0 Å². The number of rotatable bonds is 9. The van der Waals surface area contributed by atoms with E-state index in [1.54, 1.807) is 42.6 Å². The molecule has 0 aliphatic rings. The normalized spacial score (nSPS) is 10.7. The van der Waals surface area contributed by atoms with E-state index >= 15 is 0 Å². The van der Waals surface area contributed by atoms with E-state index < -0.39 is 5.97 Å². The van der Waals surface area contributed by atoms with Gasteiger partial charge in [-0.1, -0.05) is 48.5 Å². The number of hydrazone groups is 1. The number of esters is 1. The van der Waals surface area contributed by atoms with Gasteiger partial charge in [0, 0.05) is 14.9 Å². The molecule has 4 aromatic carbocycles. The summed E-state index contributed by atoms with van der Waals surface area (Å²) < 4.78 is 6.32. The molecule has 0 bridgehead atoms. The summed E-state index contributed by atoms with van der Waals surface area (Å²) in [4.78, 5) is 25.8. The number of hydrogen-bond acceptors (Lipinski definition) is 9. The molecule has 5 rings (SSSR count). The molecule has 0 atom stereocenters. The zero-order valence-electron chi connectivity index (χ0n) is 20.5. The number of ether oxygens (including phenoxy) is 1. The van der Waals surface area contributed by atoms with Crippen LogP contribution in [0.1, 0.15) is 15.9 Å². The van der Waals surface area contributed by atoms with Crippen LogP contribution in [0.4, 0.5) is 29.2 Å². The predicted octanol–water partition coefficient (Wildman–Crippen LogP) is 6.63. The molecule has 0 amide bonds. The maximum absolute atomic E-state index is 12.4. The van der Waals surface area contributed by atoms with E-state index in [9.17, 15) is 4.79 Å². The number of carbonyl (C=O) groups is 1. The molecule has 0 saturated heterocycles. The molecule has 10 heteroatoms. The van der Waals surface area contributed by atoms with Gasteiger partial charge in [0.2, 0.25) is 17.8 Å². The van der Waals surface area contributed by atoms with Crippen molar-refractivity contribution in [3.8, 4) is 5.75 Å². The Bertz CT molecular complexity index is 1520. The Morgan fingerprint density at radius 3 is 1.82 bits per heavy atom. The van der Waals surface area contributed by atoms with Gasteiger partial charge in [-0.05, 0) is 88.8 Å². The first-order chi connectivity index (χ1) is 19.1. The summed E-state index contributed by atoms with van der Waals surface area (Å²) in [6.45, 7) is 0. The molecular weight excluding hydrogens is 605 g/mol. The Kier molecular flexibility index (Phi) is 8.34. The van der Waals surface area contributed by atoms with Crippen molar-refractivity contribution < 1.29 is 9.53 Å². The van der Waals surface area contributed by atoms with Gasteiger partial charge in [0.25, 0.3) is 0 Å². The fourth-order valence-electron chi connectivity index (χ4n) is 3.41. The second kappa shape index (κ2) is 12.6. The van der Waals surface area contributed by atoms with E-state index in [-0.39, 0.29) is 5.95 Å². The minimum atomic E-state index is -0.405. The van der Waals surface area contributed by atoms with Crippen molar-refractivity contribution in [1.29, 1.82) is 0 Å². The molecular formula is C29H22IN7O2. The van der Waals surface area contributed by atoms with Crippen LogP contribution in [-0.2, 0) is 0 Å². The molecule has 39 heavy (non-hydrogen) atoms. The van der Waals surface area contributed by atoms with E-state index in [1.165, 1.54) is 0 Å². The summed E-state index contributed by atoms with van der Waals surface area (Å²) in [6, 6.07) is 33.5. The third-order valence-electron chi connectivity index (χ3n) is 5.26. The van der Waals surface area contributed by atoms with Gasteiger partial charge in [-0.2, -0.15) is 20.1 Å². The summed E-state index contributed by atoms with van der Waals surface area (Å²) in [5, 5.41) is 10.6. The number of carbonyl (C=O) groups excluding carboxylic acids is 1. The first-order valence-corrected chi connectivity index (χ1v) is 13.0. The molecule has 0 saturated carbocycles. The lowest BCUT2D eigenvalue weighted by Crippen LogP contribution is -2.10. The zero-order chi connectivity index (χ0) is 26.9. The van der Waals surface area contributed by atoms with E-state index in [2.05, 4.69) is 58.7 Å². The van der Waals surface area contributed by atoms with Gasteiger partial charge in [0.15, 0.2) is 0 Å². The zero-order valence-corrected chi connectivity index (χ0v) is 22.6. The van der Waals surface area contributed by atoms with E-state index in [0.717, 1.165) is 20.5 Å². The number of benzene rings is 4. The van der Waals surface area contributed by atoms with E-state index in [1.807, 2.05) is 72.8 Å². The molecule has 0 aliphatic heterocycles. The van der Waals surface area contributed by atoms with Gasteiger partial charge in [0.05, 0.1) is 11.8 Å². The van der Waals surface area contributed by atoms with Crippen LogP contribution in [0, 0.1) is 3.57 Å². The van der Waals surface area contributed by atoms with E-state index in [4.69, 9.17) is 4.74 Å². The van der Waals surface area contributed by atoms with Crippen molar-refractivity contribution >= 4 is 64.0 Å². The minimum absolute atomic E-state index is 0.251. The third kappa shape index (κ3) is 7.36. The van der Waals surface area contributed by atoms with Crippen LogP contribution in [0.3, 0.4) is 0 Å². The fraction of sp³-hybridized carbons (Fsp3) is 0. The SMILES string of the molecule is O=C(Oc1ccc(C=NNc2nc(Nc3ccccc3)nc(Nc3ccccc3)n2)cc1)c1ccccc1I. The van der Waals surface area contributed by atoms with Crippen molar-refractivity contribution in [2.24, 2.45) is 5.10 Å². The summed E-state index contributed by atoms with van der Waals surface area (Å²) >= 11 is 2.11. The van der Waals surface area contributed by atoms with Crippen LogP contribution in [0.15, 0.2) is 114 Å². The highest BCUT2D eigenvalue weighted by Gasteiger charge is 2.12. The quantitative estimate of drug-likeness (QED) is 0.0549. The maximum Gasteiger partial charge on any atom is 0.344 e. The predicted molar refractivity (Wildman–Crippen MR) is 161 cm³/mol. The van der Waals surface area contributed by atoms with Crippen LogP contribution >= 0.6 is 22.6 Å². The van der Waals surface area contributed by atoms with Gasteiger partial charge in [-0.25, -0.2) is 10.2 Å². The van der Waals surface area contributed by atoms with Crippen LogP contribution in [0.2, 0.25) is 0 Å². The average Bonchev–Trinajstić information content (AvgIpc) is 2.95. The highest BCUT2D eigenvalue weighted by Crippen LogP contribution is 2.19. The van der Waals surface area contributed by atoms with E-state index in [0.29, 0.717) is 23.2 Å². The number of nitrogens with one attached hydrogen (secondary N) is 3. The van der Waals surface area contributed by atoms with Crippen molar-refractivity contribution in [2.45, 2.75) is 0 Å². The summed E-state index contributed by atoms with van der Waals surface area (Å²) in [7, 11) is 0. The summed E-state index contributed by atoms with van der Waals surface area (Å²) in [6.07, 6.45) is 1.62. The molecule has 0 radical (unpaired) electrons. The highest BCUT2D eigenvalue weighted by molar-refractivity contribution is 14.1. The largest absolute Gasteiger partial charge is 0.423 e. The molecule has 0 unspecified atom stereocenters. The monoisotopic (exact) mass is 627 g/mol. The number of anilines is 5. The van der Waals surface area contributed by atoms with Crippen molar-refractivity contribution in [2.75, 3.05) is 16.1 Å². The molecule has 1 heterocycles. The first-order valence-electron chi connectivity index (χ1n) is 11.9. The first kappa shape index (κ1) is 25.8. The Balaban J connectivity index is 1.27. The smallest absolute Gasteiger partial charge is 0.344 e. The molecule has 3 N–H and O–H groups in total. The van der Waals surface area contributed by atoms with Gasteiger partial charge in [0.1, 0.15) is 5.75 Å². The highest BCUT2D eigenvalue weighted by atomic mass is 127. The van der Waals surface area contributed by atoms with Crippen LogP contribution in [0.25, 0.3) is 0 Å². The summed E-state index contributed by atoms with van der Waals surface area (Å²) in [5.74, 6) is 0.993. The molecule has 9 nitrogen and oxygen atoms in total.